The Bertz CT molecular complexity index is 719. The number of nitrogens with zero attached hydrogens (tertiary/aromatic N) is 3. The van der Waals surface area contributed by atoms with Crippen molar-refractivity contribution in [2.45, 2.75) is 11.8 Å². The molecule has 0 saturated carbocycles. The van der Waals surface area contributed by atoms with E-state index in [-0.39, 0.29) is 17.2 Å². The maximum absolute atomic E-state index is 11.5. The zero-order valence-corrected chi connectivity index (χ0v) is 11.8. The predicted molar refractivity (Wildman–Crippen MR) is 70.4 cm³/mol. The molecule has 0 aliphatic carbocycles. The molecule has 2 rings (SSSR count). The van der Waals surface area contributed by atoms with Gasteiger partial charge >= 0.3 is 5.97 Å². The molecule has 0 amide bonds. The van der Waals surface area contributed by atoms with Crippen molar-refractivity contribution < 1.29 is 17.9 Å². The summed E-state index contributed by atoms with van der Waals surface area (Å²) in [5.74, 6) is -0.550. The van der Waals surface area contributed by atoms with Crippen LogP contribution in [-0.4, -0.2) is 42.2 Å². The Labute approximate surface area is 116 Å². The number of carbonyl (C=O) groups excluding carboxylic acids is 1. The molecule has 0 radical (unpaired) electrons. The summed E-state index contributed by atoms with van der Waals surface area (Å²) in [6.45, 7) is 1.96. The first kappa shape index (κ1) is 14.2. The Morgan fingerprint density at radius 2 is 1.95 bits per heavy atom. The molecule has 1 aromatic heterocycles. The smallest absolute Gasteiger partial charge is 0.360 e. The molecule has 2 aromatic rings. The highest BCUT2D eigenvalue weighted by molar-refractivity contribution is 7.90. The van der Waals surface area contributed by atoms with Gasteiger partial charge < -0.3 is 4.74 Å². The van der Waals surface area contributed by atoms with Gasteiger partial charge in [0.2, 0.25) is 0 Å². The lowest BCUT2D eigenvalue weighted by atomic mass is 10.3. The molecule has 1 heterocycles. The lowest BCUT2D eigenvalue weighted by Gasteiger charge is -2.01. The van der Waals surface area contributed by atoms with Crippen molar-refractivity contribution in [1.82, 2.24) is 15.0 Å². The minimum Gasteiger partial charge on any atom is -0.461 e. The average molecular weight is 295 g/mol. The molecule has 8 heteroatoms. The van der Waals surface area contributed by atoms with E-state index in [9.17, 15) is 13.2 Å². The second-order valence-corrected chi connectivity index (χ2v) is 6.05. The highest BCUT2D eigenvalue weighted by Gasteiger charge is 2.13. The van der Waals surface area contributed by atoms with E-state index in [1.165, 1.54) is 23.0 Å². The lowest BCUT2D eigenvalue weighted by molar-refractivity contribution is 0.0519. The van der Waals surface area contributed by atoms with E-state index in [1.807, 2.05) is 0 Å². The van der Waals surface area contributed by atoms with Crippen LogP contribution >= 0.6 is 0 Å². The number of benzene rings is 1. The summed E-state index contributed by atoms with van der Waals surface area (Å²) in [4.78, 5) is 11.7. The van der Waals surface area contributed by atoms with E-state index in [2.05, 4.69) is 10.3 Å². The molecular weight excluding hydrogens is 282 g/mol. The van der Waals surface area contributed by atoms with E-state index >= 15 is 0 Å². The topological polar surface area (TPSA) is 91.2 Å². The molecule has 0 unspecified atom stereocenters. The average Bonchev–Trinajstić information content (AvgIpc) is 2.88. The van der Waals surface area contributed by atoms with Crippen LogP contribution in [-0.2, 0) is 14.6 Å². The highest BCUT2D eigenvalue weighted by atomic mass is 32.2. The van der Waals surface area contributed by atoms with Crippen LogP contribution in [0.3, 0.4) is 0 Å². The van der Waals surface area contributed by atoms with E-state index in [1.54, 1.807) is 19.1 Å². The third kappa shape index (κ3) is 3.02. The normalized spacial score (nSPS) is 11.3. The van der Waals surface area contributed by atoms with Crippen molar-refractivity contribution >= 4 is 15.8 Å². The van der Waals surface area contributed by atoms with Crippen LogP contribution < -0.4 is 0 Å². The maximum Gasteiger partial charge on any atom is 0.360 e. The fraction of sp³-hybridized carbons (Fsp3) is 0.250. The zero-order chi connectivity index (χ0) is 14.8. The second kappa shape index (κ2) is 5.41. The van der Waals surface area contributed by atoms with Gasteiger partial charge in [0, 0.05) is 6.26 Å². The van der Waals surface area contributed by atoms with Gasteiger partial charge in [-0.15, -0.1) is 5.10 Å². The standard InChI is InChI=1S/C12H13N3O4S/c1-3-19-12(16)11-8-15(14-13-11)9-4-6-10(7-5-9)20(2,17)18/h4-8H,3H2,1-2H3. The highest BCUT2D eigenvalue weighted by Crippen LogP contribution is 2.13. The Morgan fingerprint density at radius 3 is 2.50 bits per heavy atom. The number of hydrogen-bond donors (Lipinski definition) is 0. The van der Waals surface area contributed by atoms with Crippen LogP contribution in [0.2, 0.25) is 0 Å². The summed E-state index contributed by atoms with van der Waals surface area (Å²) in [6.07, 6.45) is 2.56. The van der Waals surface area contributed by atoms with Crippen molar-refractivity contribution in [2.75, 3.05) is 12.9 Å². The van der Waals surface area contributed by atoms with Crippen LogP contribution in [0.15, 0.2) is 35.4 Å². The predicted octanol–water partition coefficient (Wildman–Crippen LogP) is 0.847. The van der Waals surface area contributed by atoms with Gasteiger partial charge in [0.05, 0.1) is 23.4 Å². The van der Waals surface area contributed by atoms with Gasteiger partial charge in [0.1, 0.15) is 0 Å². The first-order chi connectivity index (χ1) is 9.41. The summed E-state index contributed by atoms with van der Waals surface area (Å²) in [5.41, 5.74) is 0.694. The molecule has 20 heavy (non-hydrogen) atoms. The van der Waals surface area contributed by atoms with Gasteiger partial charge in [0.25, 0.3) is 0 Å². The van der Waals surface area contributed by atoms with Crippen molar-refractivity contribution in [2.24, 2.45) is 0 Å². The molecule has 0 atom stereocenters. The third-order valence-electron chi connectivity index (χ3n) is 2.51. The molecule has 7 nitrogen and oxygen atoms in total. The molecule has 0 saturated heterocycles. The van der Waals surface area contributed by atoms with Crippen molar-refractivity contribution in [3.63, 3.8) is 0 Å². The van der Waals surface area contributed by atoms with Gasteiger partial charge in [-0.05, 0) is 31.2 Å². The monoisotopic (exact) mass is 295 g/mol. The molecule has 1 aromatic carbocycles. The number of rotatable bonds is 4. The van der Waals surface area contributed by atoms with E-state index in [0.29, 0.717) is 5.69 Å². The van der Waals surface area contributed by atoms with Crippen molar-refractivity contribution in [3.8, 4) is 5.69 Å². The third-order valence-corrected chi connectivity index (χ3v) is 3.64. The quantitative estimate of drug-likeness (QED) is 0.776. The van der Waals surface area contributed by atoms with Crippen LogP contribution in [0.1, 0.15) is 17.4 Å². The summed E-state index contributed by atoms with van der Waals surface area (Å²) < 4.78 is 28.9. The Hall–Kier alpha value is -2.22. The minimum absolute atomic E-state index is 0.0963. The molecular formula is C12H13N3O4S. The zero-order valence-electron chi connectivity index (χ0n) is 11.0. The molecule has 0 aliphatic heterocycles. The first-order valence-electron chi connectivity index (χ1n) is 5.82. The van der Waals surface area contributed by atoms with Crippen LogP contribution in [0.4, 0.5) is 0 Å². The van der Waals surface area contributed by atoms with Crippen molar-refractivity contribution in [1.29, 1.82) is 0 Å². The number of ether oxygens (including phenoxy) is 1. The molecule has 0 aliphatic rings. The molecule has 0 fully saturated rings. The fourth-order valence-corrected chi connectivity index (χ4v) is 2.17. The van der Waals surface area contributed by atoms with Crippen LogP contribution in [0.5, 0.6) is 0 Å². The number of hydrogen-bond acceptors (Lipinski definition) is 6. The van der Waals surface area contributed by atoms with E-state index in [4.69, 9.17) is 4.74 Å². The molecule has 0 N–H and O–H groups in total. The Kier molecular flexibility index (Phi) is 3.84. The van der Waals surface area contributed by atoms with Gasteiger partial charge in [-0.25, -0.2) is 17.9 Å². The summed E-state index contributed by atoms with van der Waals surface area (Å²) in [7, 11) is -3.24. The molecule has 106 valence electrons. The molecule has 0 bridgehead atoms. The fourth-order valence-electron chi connectivity index (χ4n) is 1.53. The van der Waals surface area contributed by atoms with Crippen LogP contribution in [0.25, 0.3) is 5.69 Å². The number of carbonyl (C=O) groups is 1. The summed E-state index contributed by atoms with van der Waals surface area (Å²) >= 11 is 0. The van der Waals surface area contributed by atoms with Gasteiger partial charge in [-0.2, -0.15) is 0 Å². The van der Waals surface area contributed by atoms with E-state index < -0.39 is 15.8 Å². The SMILES string of the molecule is CCOC(=O)c1cn(-c2ccc(S(C)(=O)=O)cc2)nn1. The van der Waals surface area contributed by atoms with Crippen LogP contribution in [0, 0.1) is 0 Å². The largest absolute Gasteiger partial charge is 0.461 e. The number of aromatic nitrogens is 3. The Morgan fingerprint density at radius 1 is 1.30 bits per heavy atom. The van der Waals surface area contributed by atoms with Gasteiger partial charge in [-0.1, -0.05) is 5.21 Å². The summed E-state index contributed by atoms with van der Waals surface area (Å²) in [5, 5.41) is 7.50. The second-order valence-electron chi connectivity index (χ2n) is 4.03. The van der Waals surface area contributed by atoms with E-state index in [0.717, 1.165) is 6.26 Å². The van der Waals surface area contributed by atoms with Gasteiger partial charge in [0.15, 0.2) is 15.5 Å². The number of sulfone groups is 1. The summed E-state index contributed by atoms with van der Waals surface area (Å²) in [6, 6.07) is 6.10. The maximum atomic E-state index is 11.5. The Balaban J connectivity index is 2.27. The minimum atomic E-state index is -3.24. The first-order valence-corrected chi connectivity index (χ1v) is 7.71. The van der Waals surface area contributed by atoms with Gasteiger partial charge in [-0.3, -0.25) is 0 Å². The lowest BCUT2D eigenvalue weighted by Crippen LogP contribution is -2.04. The van der Waals surface area contributed by atoms with Crippen molar-refractivity contribution in [3.05, 3.63) is 36.2 Å². The molecule has 0 spiro atoms. The number of esters is 1.